The number of hydrogen-bond acceptors (Lipinski definition) is 5. The summed E-state index contributed by atoms with van der Waals surface area (Å²) in [4.78, 5) is 27.2. The van der Waals surface area contributed by atoms with Crippen LogP contribution in [0.1, 0.15) is 42.3 Å². The first-order chi connectivity index (χ1) is 8.91. The quantitative estimate of drug-likeness (QED) is 0.669. The SMILES string of the molecule is CC(C)C(=O)NCCNC(=O)c1csc(C(C)N)n1. The standard InChI is InChI=1S/C12H20N4O2S/c1-7(2)10(17)14-4-5-15-11(18)9-6-19-12(16-9)8(3)13/h6-8H,4-5,13H2,1-3H3,(H,14,17)(H,15,18). The normalized spacial score (nSPS) is 12.3. The van der Waals surface area contributed by atoms with Crippen LogP contribution in [-0.4, -0.2) is 29.9 Å². The van der Waals surface area contributed by atoms with Crippen molar-refractivity contribution in [3.63, 3.8) is 0 Å². The molecule has 1 heterocycles. The highest BCUT2D eigenvalue weighted by molar-refractivity contribution is 7.09. The summed E-state index contributed by atoms with van der Waals surface area (Å²) in [5.41, 5.74) is 6.05. The van der Waals surface area contributed by atoms with Crippen LogP contribution < -0.4 is 16.4 Å². The third-order valence-electron chi connectivity index (χ3n) is 2.38. The number of hydrogen-bond donors (Lipinski definition) is 3. The molecule has 6 nitrogen and oxygen atoms in total. The zero-order valence-electron chi connectivity index (χ0n) is 11.4. The van der Waals surface area contributed by atoms with Crippen LogP contribution in [0.25, 0.3) is 0 Å². The van der Waals surface area contributed by atoms with E-state index in [1.165, 1.54) is 11.3 Å². The van der Waals surface area contributed by atoms with Crippen molar-refractivity contribution < 1.29 is 9.59 Å². The smallest absolute Gasteiger partial charge is 0.270 e. The zero-order valence-corrected chi connectivity index (χ0v) is 12.2. The Morgan fingerprint density at radius 3 is 2.47 bits per heavy atom. The maximum absolute atomic E-state index is 11.7. The van der Waals surface area contributed by atoms with Crippen molar-refractivity contribution in [3.05, 3.63) is 16.1 Å². The lowest BCUT2D eigenvalue weighted by molar-refractivity contribution is -0.123. The number of nitrogens with one attached hydrogen (secondary N) is 2. The Morgan fingerprint density at radius 1 is 1.32 bits per heavy atom. The predicted octanol–water partition coefficient (Wildman–Crippen LogP) is 0.665. The van der Waals surface area contributed by atoms with Gasteiger partial charge in [-0.05, 0) is 6.92 Å². The summed E-state index contributed by atoms with van der Waals surface area (Å²) in [7, 11) is 0. The molecule has 0 spiro atoms. The van der Waals surface area contributed by atoms with Crippen LogP contribution in [0.5, 0.6) is 0 Å². The fourth-order valence-corrected chi connectivity index (χ4v) is 2.02. The molecule has 4 N–H and O–H groups in total. The summed E-state index contributed by atoms with van der Waals surface area (Å²) < 4.78 is 0. The van der Waals surface area contributed by atoms with Gasteiger partial charge in [-0.1, -0.05) is 13.8 Å². The van der Waals surface area contributed by atoms with E-state index in [2.05, 4.69) is 15.6 Å². The topological polar surface area (TPSA) is 97.1 Å². The van der Waals surface area contributed by atoms with E-state index in [4.69, 9.17) is 5.73 Å². The van der Waals surface area contributed by atoms with Gasteiger partial charge in [0.05, 0.1) is 6.04 Å². The van der Waals surface area contributed by atoms with Gasteiger partial charge in [-0.25, -0.2) is 4.98 Å². The van der Waals surface area contributed by atoms with Gasteiger partial charge in [0, 0.05) is 24.4 Å². The highest BCUT2D eigenvalue weighted by atomic mass is 32.1. The highest BCUT2D eigenvalue weighted by Crippen LogP contribution is 2.15. The molecule has 0 bridgehead atoms. The molecule has 2 amide bonds. The van der Waals surface area contributed by atoms with E-state index in [0.717, 1.165) is 5.01 Å². The van der Waals surface area contributed by atoms with Gasteiger partial charge in [0.15, 0.2) is 0 Å². The molecular formula is C12H20N4O2S. The number of nitrogens with two attached hydrogens (primary N) is 1. The fraction of sp³-hybridized carbons (Fsp3) is 0.583. The summed E-state index contributed by atoms with van der Waals surface area (Å²) in [5, 5.41) is 7.83. The molecule has 7 heteroatoms. The molecule has 0 saturated heterocycles. The van der Waals surface area contributed by atoms with Crippen LogP contribution in [-0.2, 0) is 4.79 Å². The second-order valence-corrected chi connectivity index (χ2v) is 5.45. The van der Waals surface area contributed by atoms with Gasteiger partial charge >= 0.3 is 0 Å². The largest absolute Gasteiger partial charge is 0.354 e. The molecule has 1 unspecified atom stereocenters. The summed E-state index contributed by atoms with van der Waals surface area (Å²) >= 11 is 1.37. The van der Waals surface area contributed by atoms with E-state index in [1.807, 2.05) is 20.8 Å². The van der Waals surface area contributed by atoms with Gasteiger partial charge in [-0.2, -0.15) is 0 Å². The lowest BCUT2D eigenvalue weighted by Gasteiger charge is -2.07. The molecule has 19 heavy (non-hydrogen) atoms. The van der Waals surface area contributed by atoms with Crippen molar-refractivity contribution in [2.45, 2.75) is 26.8 Å². The van der Waals surface area contributed by atoms with Gasteiger partial charge in [0.25, 0.3) is 5.91 Å². The van der Waals surface area contributed by atoms with Gasteiger partial charge in [-0.15, -0.1) is 11.3 Å². The Hall–Kier alpha value is -1.47. The summed E-state index contributed by atoms with van der Waals surface area (Å²) in [6.07, 6.45) is 0. The molecule has 0 aromatic carbocycles. The highest BCUT2D eigenvalue weighted by Gasteiger charge is 2.12. The van der Waals surface area contributed by atoms with Gasteiger partial charge < -0.3 is 16.4 Å². The predicted molar refractivity (Wildman–Crippen MR) is 74.9 cm³/mol. The van der Waals surface area contributed by atoms with E-state index in [1.54, 1.807) is 5.38 Å². The lowest BCUT2D eigenvalue weighted by Crippen LogP contribution is -2.36. The molecule has 0 aliphatic heterocycles. The van der Waals surface area contributed by atoms with Crippen LogP contribution in [0.4, 0.5) is 0 Å². The Kier molecular flexibility index (Phi) is 5.91. The lowest BCUT2D eigenvalue weighted by atomic mass is 10.2. The number of thiazole rings is 1. The molecule has 0 fully saturated rings. The number of carbonyl (C=O) groups excluding carboxylic acids is 2. The number of rotatable bonds is 6. The van der Waals surface area contributed by atoms with Crippen molar-refractivity contribution in [2.75, 3.05) is 13.1 Å². The third kappa shape index (κ3) is 4.96. The molecule has 0 saturated carbocycles. The van der Waals surface area contributed by atoms with E-state index in [-0.39, 0.29) is 23.8 Å². The number of carbonyl (C=O) groups is 2. The molecule has 1 aromatic rings. The average Bonchev–Trinajstić information content (AvgIpc) is 2.83. The first kappa shape index (κ1) is 15.6. The first-order valence-corrected chi connectivity index (χ1v) is 7.06. The molecule has 0 aliphatic carbocycles. The molecule has 0 radical (unpaired) electrons. The molecule has 106 valence electrons. The van der Waals surface area contributed by atoms with E-state index in [9.17, 15) is 9.59 Å². The molecule has 1 rings (SSSR count). The second-order valence-electron chi connectivity index (χ2n) is 4.56. The molecule has 0 aliphatic rings. The van der Waals surface area contributed by atoms with Crippen molar-refractivity contribution in [1.82, 2.24) is 15.6 Å². The minimum Gasteiger partial charge on any atom is -0.354 e. The molecule has 1 atom stereocenters. The van der Waals surface area contributed by atoms with Gasteiger partial charge in [0.1, 0.15) is 10.7 Å². The van der Waals surface area contributed by atoms with Crippen molar-refractivity contribution >= 4 is 23.2 Å². The van der Waals surface area contributed by atoms with Crippen LogP contribution in [0.15, 0.2) is 5.38 Å². The van der Waals surface area contributed by atoms with Crippen molar-refractivity contribution in [3.8, 4) is 0 Å². The first-order valence-electron chi connectivity index (χ1n) is 6.18. The van der Waals surface area contributed by atoms with Crippen LogP contribution >= 0.6 is 11.3 Å². The number of nitrogens with zero attached hydrogens (tertiary/aromatic N) is 1. The maximum Gasteiger partial charge on any atom is 0.270 e. The Labute approximate surface area is 116 Å². The minimum atomic E-state index is -0.248. The van der Waals surface area contributed by atoms with E-state index >= 15 is 0 Å². The molecular weight excluding hydrogens is 264 g/mol. The second kappa shape index (κ2) is 7.20. The average molecular weight is 284 g/mol. The van der Waals surface area contributed by atoms with Crippen LogP contribution in [0, 0.1) is 5.92 Å². The maximum atomic E-state index is 11.7. The zero-order chi connectivity index (χ0) is 14.4. The summed E-state index contributed by atoms with van der Waals surface area (Å²) in [6, 6.07) is -0.170. The Morgan fingerprint density at radius 2 is 1.95 bits per heavy atom. The minimum absolute atomic E-state index is 0.0258. The van der Waals surface area contributed by atoms with Crippen molar-refractivity contribution in [2.24, 2.45) is 11.7 Å². The Balaban J connectivity index is 2.33. The third-order valence-corrected chi connectivity index (χ3v) is 3.42. The van der Waals surface area contributed by atoms with E-state index < -0.39 is 0 Å². The Bertz CT molecular complexity index is 443. The van der Waals surface area contributed by atoms with E-state index in [0.29, 0.717) is 18.8 Å². The molecule has 1 aromatic heterocycles. The summed E-state index contributed by atoms with van der Waals surface area (Å²) in [6.45, 7) is 6.24. The number of aromatic nitrogens is 1. The van der Waals surface area contributed by atoms with Crippen molar-refractivity contribution in [1.29, 1.82) is 0 Å². The summed E-state index contributed by atoms with van der Waals surface area (Å²) in [5.74, 6) is -0.327. The van der Waals surface area contributed by atoms with Gasteiger partial charge in [0.2, 0.25) is 5.91 Å². The number of amides is 2. The van der Waals surface area contributed by atoms with Crippen LogP contribution in [0.3, 0.4) is 0 Å². The fourth-order valence-electron chi connectivity index (χ4n) is 1.26. The monoisotopic (exact) mass is 284 g/mol. The van der Waals surface area contributed by atoms with Crippen LogP contribution in [0.2, 0.25) is 0 Å². The van der Waals surface area contributed by atoms with Gasteiger partial charge in [-0.3, -0.25) is 9.59 Å².